The van der Waals surface area contributed by atoms with Crippen molar-refractivity contribution >= 4 is 21.6 Å². The van der Waals surface area contributed by atoms with Crippen molar-refractivity contribution in [3.05, 3.63) is 29.8 Å². The van der Waals surface area contributed by atoms with Crippen LogP contribution in [0.2, 0.25) is 0 Å². The van der Waals surface area contributed by atoms with E-state index in [2.05, 4.69) is 4.74 Å². The van der Waals surface area contributed by atoms with Crippen LogP contribution in [-0.2, 0) is 19.4 Å². The molecule has 0 N–H and O–H groups in total. The van der Waals surface area contributed by atoms with E-state index >= 15 is 0 Å². The Balaban J connectivity index is 2.78. The van der Waals surface area contributed by atoms with Crippen molar-refractivity contribution in [1.29, 1.82) is 0 Å². The summed E-state index contributed by atoms with van der Waals surface area (Å²) in [6.07, 6.45) is -0.265. The van der Waals surface area contributed by atoms with E-state index in [1.807, 2.05) is 0 Å². The van der Waals surface area contributed by atoms with Gasteiger partial charge in [0.25, 0.3) is 0 Å². The molecule has 0 unspecified atom stereocenters. The maximum atomic E-state index is 12.1. The van der Waals surface area contributed by atoms with Crippen LogP contribution in [-0.4, -0.2) is 45.4 Å². The van der Waals surface area contributed by atoms with E-state index in [0.717, 1.165) is 0 Å². The van der Waals surface area contributed by atoms with Gasteiger partial charge in [0.1, 0.15) is 11.5 Å². The van der Waals surface area contributed by atoms with Gasteiger partial charge in [-0.2, -0.15) is 0 Å². The molecule has 0 atom stereocenters. The first-order chi connectivity index (χ1) is 9.89. The lowest BCUT2D eigenvalue weighted by atomic mass is 10.1. The minimum Gasteiger partial charge on any atom is -0.493 e. The lowest BCUT2D eigenvalue weighted by molar-refractivity contribution is -0.140. The van der Waals surface area contributed by atoms with E-state index in [-0.39, 0.29) is 12.0 Å². The summed E-state index contributed by atoms with van der Waals surface area (Å²) in [6.45, 7) is 2.15. The molecule has 1 aromatic rings. The zero-order valence-corrected chi connectivity index (χ0v) is 12.8. The van der Waals surface area contributed by atoms with Crippen molar-refractivity contribution in [2.75, 3.05) is 25.2 Å². The lowest BCUT2D eigenvalue weighted by Gasteiger charge is -2.09. The maximum absolute atomic E-state index is 12.1. The first-order valence-electron chi connectivity index (χ1n) is 6.42. The Hall–Kier alpha value is -1.89. The van der Waals surface area contributed by atoms with Crippen molar-refractivity contribution in [2.45, 2.75) is 13.3 Å². The fourth-order valence-corrected chi connectivity index (χ4v) is 2.85. The molecule has 1 rings (SSSR count). The van der Waals surface area contributed by atoms with Crippen LogP contribution in [0.3, 0.4) is 0 Å². The Morgan fingerprint density at radius 3 is 2.48 bits per heavy atom. The highest BCUT2D eigenvalue weighted by molar-refractivity contribution is 7.92. The predicted molar refractivity (Wildman–Crippen MR) is 77.2 cm³/mol. The molecule has 0 bridgehead atoms. The zero-order chi connectivity index (χ0) is 15.9. The number of hydrogen-bond acceptors (Lipinski definition) is 6. The van der Waals surface area contributed by atoms with E-state index in [1.54, 1.807) is 25.1 Å². The second-order valence-electron chi connectivity index (χ2n) is 4.27. The van der Waals surface area contributed by atoms with Crippen LogP contribution in [0, 0.1) is 0 Å². The Labute approximate surface area is 124 Å². The summed E-state index contributed by atoms with van der Waals surface area (Å²) in [6, 6.07) is 6.46. The standard InChI is InChI=1S/C14H18O6S/c1-3-20-13-7-5-4-6-11(13)12(15)10-21(17,18)9-8-14(16)19-2/h4-7H,3,8-10H2,1-2H3. The number of carbonyl (C=O) groups excluding carboxylic acids is 2. The molecule has 21 heavy (non-hydrogen) atoms. The molecule has 116 valence electrons. The number of sulfone groups is 1. The quantitative estimate of drug-likeness (QED) is 0.530. The molecule has 0 saturated heterocycles. The molecule has 0 spiro atoms. The fourth-order valence-electron chi connectivity index (χ4n) is 1.67. The molecule has 7 heteroatoms. The van der Waals surface area contributed by atoms with Gasteiger partial charge in [0, 0.05) is 0 Å². The highest BCUT2D eigenvalue weighted by Crippen LogP contribution is 2.19. The van der Waals surface area contributed by atoms with Gasteiger partial charge in [-0.05, 0) is 19.1 Å². The van der Waals surface area contributed by atoms with Crippen LogP contribution in [0.25, 0.3) is 0 Å². The molecule has 0 radical (unpaired) electrons. The van der Waals surface area contributed by atoms with E-state index in [9.17, 15) is 18.0 Å². The topological polar surface area (TPSA) is 86.7 Å². The number of para-hydroxylation sites is 1. The third-order valence-corrected chi connectivity index (χ3v) is 4.21. The predicted octanol–water partition coefficient (Wildman–Crippen LogP) is 1.25. The average Bonchev–Trinajstić information content (AvgIpc) is 2.45. The maximum Gasteiger partial charge on any atom is 0.306 e. The summed E-state index contributed by atoms with van der Waals surface area (Å²) >= 11 is 0. The Kier molecular flexibility index (Phi) is 6.36. The summed E-state index contributed by atoms with van der Waals surface area (Å²) in [5.41, 5.74) is 0.223. The second-order valence-corrected chi connectivity index (χ2v) is 6.45. The molecule has 0 saturated carbocycles. The molecule has 0 amide bonds. The van der Waals surface area contributed by atoms with E-state index in [4.69, 9.17) is 4.74 Å². The van der Waals surface area contributed by atoms with Crippen LogP contribution in [0.15, 0.2) is 24.3 Å². The number of Topliss-reactive ketones (excluding diaryl/α,β-unsaturated/α-hetero) is 1. The zero-order valence-electron chi connectivity index (χ0n) is 12.0. The lowest BCUT2D eigenvalue weighted by Crippen LogP contribution is -2.21. The van der Waals surface area contributed by atoms with Crippen LogP contribution in [0.4, 0.5) is 0 Å². The third kappa shape index (κ3) is 5.55. The Morgan fingerprint density at radius 1 is 1.19 bits per heavy atom. The van der Waals surface area contributed by atoms with Gasteiger partial charge >= 0.3 is 5.97 Å². The van der Waals surface area contributed by atoms with Crippen molar-refractivity contribution in [2.24, 2.45) is 0 Å². The average molecular weight is 314 g/mol. The minimum atomic E-state index is -3.67. The first-order valence-corrected chi connectivity index (χ1v) is 8.24. The van der Waals surface area contributed by atoms with Crippen LogP contribution < -0.4 is 4.74 Å². The number of hydrogen-bond donors (Lipinski definition) is 0. The molecule has 0 aliphatic rings. The van der Waals surface area contributed by atoms with Gasteiger partial charge in [-0.15, -0.1) is 0 Å². The third-order valence-electron chi connectivity index (χ3n) is 2.68. The van der Waals surface area contributed by atoms with Crippen LogP contribution in [0.1, 0.15) is 23.7 Å². The van der Waals surface area contributed by atoms with Crippen molar-refractivity contribution in [3.8, 4) is 5.75 Å². The number of ether oxygens (including phenoxy) is 2. The number of methoxy groups -OCH3 is 1. The molecular formula is C14H18O6S. The number of ketones is 1. The molecule has 6 nitrogen and oxygen atoms in total. The second kappa shape index (κ2) is 7.78. The number of benzene rings is 1. The van der Waals surface area contributed by atoms with E-state index in [0.29, 0.717) is 12.4 Å². The van der Waals surface area contributed by atoms with Gasteiger partial charge in [0.2, 0.25) is 0 Å². The Morgan fingerprint density at radius 2 is 1.86 bits per heavy atom. The molecular weight excluding hydrogens is 296 g/mol. The summed E-state index contributed by atoms with van der Waals surface area (Å²) in [5.74, 6) is -1.89. The van der Waals surface area contributed by atoms with Gasteiger partial charge in [-0.1, -0.05) is 12.1 Å². The summed E-state index contributed by atoms with van der Waals surface area (Å²) in [7, 11) is -2.49. The first kappa shape index (κ1) is 17.2. The van der Waals surface area contributed by atoms with E-state index in [1.165, 1.54) is 13.2 Å². The van der Waals surface area contributed by atoms with Crippen molar-refractivity contribution in [1.82, 2.24) is 0 Å². The molecule has 0 aromatic heterocycles. The van der Waals surface area contributed by atoms with Crippen molar-refractivity contribution < 1.29 is 27.5 Å². The van der Waals surface area contributed by atoms with E-state index < -0.39 is 33.1 Å². The molecule has 0 aliphatic heterocycles. The number of rotatable bonds is 8. The SMILES string of the molecule is CCOc1ccccc1C(=O)CS(=O)(=O)CCC(=O)OC. The van der Waals surface area contributed by atoms with Gasteiger partial charge < -0.3 is 9.47 Å². The molecule has 0 heterocycles. The molecule has 1 aromatic carbocycles. The van der Waals surface area contributed by atoms with Crippen LogP contribution in [0.5, 0.6) is 5.75 Å². The van der Waals surface area contributed by atoms with Crippen molar-refractivity contribution in [3.63, 3.8) is 0 Å². The van der Waals surface area contributed by atoms with Crippen LogP contribution >= 0.6 is 0 Å². The monoisotopic (exact) mass is 314 g/mol. The van der Waals surface area contributed by atoms with Gasteiger partial charge in [-0.3, -0.25) is 9.59 Å². The fraction of sp³-hybridized carbons (Fsp3) is 0.429. The highest BCUT2D eigenvalue weighted by atomic mass is 32.2. The minimum absolute atomic E-state index is 0.223. The number of carbonyl (C=O) groups is 2. The molecule has 0 aliphatic carbocycles. The van der Waals surface area contributed by atoms with Gasteiger partial charge in [0.05, 0.1) is 31.5 Å². The summed E-state index contributed by atoms with van der Waals surface area (Å²) < 4.78 is 33.3. The highest BCUT2D eigenvalue weighted by Gasteiger charge is 2.21. The summed E-state index contributed by atoms with van der Waals surface area (Å²) in [4.78, 5) is 23.1. The number of esters is 1. The largest absolute Gasteiger partial charge is 0.493 e. The smallest absolute Gasteiger partial charge is 0.306 e. The van der Waals surface area contributed by atoms with Gasteiger partial charge in [-0.25, -0.2) is 8.42 Å². The molecule has 0 fully saturated rings. The Bertz CT molecular complexity index is 606. The summed E-state index contributed by atoms with van der Waals surface area (Å²) in [5, 5.41) is 0. The van der Waals surface area contributed by atoms with Gasteiger partial charge in [0.15, 0.2) is 15.6 Å². The normalized spacial score (nSPS) is 11.0.